The molecule has 0 amide bonds. The average molecular weight is 266 g/mol. The number of allylic oxidation sites excluding steroid dienone is 1. The SMILES string of the molecule is C#CCC(C(=C[N+](=O)[O-])NC)c1ccc(Cl)nc1. The maximum Gasteiger partial charge on any atom is 0.253 e. The first-order valence-corrected chi connectivity index (χ1v) is 5.54. The first-order valence-electron chi connectivity index (χ1n) is 5.16. The van der Waals surface area contributed by atoms with Crippen LogP contribution in [0.4, 0.5) is 0 Å². The van der Waals surface area contributed by atoms with E-state index in [0.717, 1.165) is 11.8 Å². The average Bonchev–Trinajstić information content (AvgIpc) is 2.34. The number of likely N-dealkylation sites (N-methyl/N-ethyl adjacent to an activating group) is 1. The van der Waals surface area contributed by atoms with Gasteiger partial charge in [0.2, 0.25) is 0 Å². The molecule has 1 N–H and O–H groups in total. The number of nitro groups is 1. The fourth-order valence-corrected chi connectivity index (χ4v) is 1.67. The molecule has 0 aliphatic carbocycles. The fourth-order valence-electron chi connectivity index (χ4n) is 1.56. The second-order valence-electron chi connectivity index (χ2n) is 3.49. The number of nitrogens with zero attached hydrogens (tertiary/aromatic N) is 2. The van der Waals surface area contributed by atoms with Gasteiger partial charge in [0, 0.05) is 25.6 Å². The molecule has 0 aromatic carbocycles. The lowest BCUT2D eigenvalue weighted by atomic mass is 9.94. The molecule has 18 heavy (non-hydrogen) atoms. The van der Waals surface area contributed by atoms with E-state index >= 15 is 0 Å². The van der Waals surface area contributed by atoms with E-state index in [1.165, 1.54) is 0 Å². The molecule has 1 heterocycles. The summed E-state index contributed by atoms with van der Waals surface area (Å²) in [5.74, 6) is 2.21. The Morgan fingerprint density at radius 1 is 1.78 bits per heavy atom. The summed E-state index contributed by atoms with van der Waals surface area (Å²) < 4.78 is 0. The molecule has 0 saturated carbocycles. The van der Waals surface area contributed by atoms with Crippen molar-refractivity contribution in [2.24, 2.45) is 0 Å². The minimum absolute atomic E-state index is 0.296. The minimum atomic E-state index is -0.515. The van der Waals surface area contributed by atoms with Crippen LogP contribution in [0.25, 0.3) is 0 Å². The Morgan fingerprint density at radius 3 is 2.94 bits per heavy atom. The third-order valence-corrected chi connectivity index (χ3v) is 2.61. The van der Waals surface area contributed by atoms with E-state index in [-0.39, 0.29) is 5.92 Å². The second-order valence-corrected chi connectivity index (χ2v) is 3.88. The van der Waals surface area contributed by atoms with E-state index < -0.39 is 4.92 Å². The van der Waals surface area contributed by atoms with Crippen LogP contribution in [-0.2, 0) is 0 Å². The van der Waals surface area contributed by atoms with Crippen LogP contribution in [-0.4, -0.2) is 17.0 Å². The maximum atomic E-state index is 10.6. The van der Waals surface area contributed by atoms with Crippen LogP contribution in [0.1, 0.15) is 17.9 Å². The Kier molecular flexibility index (Phi) is 5.15. The van der Waals surface area contributed by atoms with E-state index in [1.54, 1.807) is 25.4 Å². The highest BCUT2D eigenvalue weighted by Crippen LogP contribution is 2.26. The van der Waals surface area contributed by atoms with E-state index in [9.17, 15) is 10.1 Å². The summed E-state index contributed by atoms with van der Waals surface area (Å²) in [7, 11) is 1.61. The van der Waals surface area contributed by atoms with Crippen molar-refractivity contribution in [2.45, 2.75) is 12.3 Å². The van der Waals surface area contributed by atoms with Crippen molar-refractivity contribution in [3.8, 4) is 12.3 Å². The molecule has 94 valence electrons. The molecular weight excluding hydrogens is 254 g/mol. The van der Waals surface area contributed by atoms with Gasteiger partial charge < -0.3 is 5.32 Å². The highest BCUT2D eigenvalue weighted by atomic mass is 35.5. The molecule has 6 heteroatoms. The lowest BCUT2D eigenvalue weighted by Gasteiger charge is -2.16. The van der Waals surface area contributed by atoms with Crippen molar-refractivity contribution >= 4 is 11.6 Å². The number of rotatable bonds is 5. The van der Waals surface area contributed by atoms with Crippen molar-refractivity contribution < 1.29 is 4.92 Å². The molecular formula is C12H12ClN3O2. The number of aromatic nitrogens is 1. The summed E-state index contributed by atoms with van der Waals surface area (Å²) in [5, 5.41) is 13.7. The Labute approximate surface area is 110 Å². The molecule has 5 nitrogen and oxygen atoms in total. The largest absolute Gasteiger partial charge is 0.386 e. The van der Waals surface area contributed by atoms with E-state index in [0.29, 0.717) is 17.3 Å². The first-order chi connectivity index (χ1) is 8.58. The molecule has 0 spiro atoms. The van der Waals surface area contributed by atoms with Gasteiger partial charge in [-0.25, -0.2) is 4.98 Å². The van der Waals surface area contributed by atoms with Gasteiger partial charge in [-0.3, -0.25) is 10.1 Å². The smallest absolute Gasteiger partial charge is 0.253 e. The molecule has 0 fully saturated rings. The zero-order chi connectivity index (χ0) is 13.5. The lowest BCUT2D eigenvalue weighted by molar-refractivity contribution is -0.404. The summed E-state index contributed by atoms with van der Waals surface area (Å²) in [6.45, 7) is 0. The third-order valence-electron chi connectivity index (χ3n) is 2.38. The number of hydrogen-bond donors (Lipinski definition) is 1. The normalized spacial score (nSPS) is 12.6. The van der Waals surface area contributed by atoms with Crippen molar-refractivity contribution in [1.29, 1.82) is 0 Å². The van der Waals surface area contributed by atoms with Gasteiger partial charge in [0.25, 0.3) is 6.20 Å². The van der Waals surface area contributed by atoms with E-state index in [4.69, 9.17) is 18.0 Å². The topological polar surface area (TPSA) is 68.1 Å². The first kappa shape index (κ1) is 14.0. The molecule has 1 rings (SSSR count). The van der Waals surface area contributed by atoms with Gasteiger partial charge in [-0.05, 0) is 11.6 Å². The Hall–Kier alpha value is -2.06. The number of terminal acetylenes is 1. The van der Waals surface area contributed by atoms with Gasteiger partial charge in [-0.1, -0.05) is 17.7 Å². The highest BCUT2D eigenvalue weighted by molar-refractivity contribution is 6.29. The summed E-state index contributed by atoms with van der Waals surface area (Å²) in [4.78, 5) is 14.0. The zero-order valence-electron chi connectivity index (χ0n) is 9.76. The van der Waals surface area contributed by atoms with Crippen molar-refractivity contribution in [1.82, 2.24) is 10.3 Å². The van der Waals surface area contributed by atoms with E-state index in [1.807, 2.05) is 0 Å². The number of halogens is 1. The summed E-state index contributed by atoms with van der Waals surface area (Å²) in [6.07, 6.45) is 8.11. The Bertz CT molecular complexity index is 491. The van der Waals surface area contributed by atoms with Crippen LogP contribution in [0.2, 0.25) is 5.15 Å². The Balaban J connectivity index is 3.12. The van der Waals surface area contributed by atoms with Crippen LogP contribution in [0.3, 0.4) is 0 Å². The van der Waals surface area contributed by atoms with Crippen LogP contribution in [0.5, 0.6) is 0 Å². The lowest BCUT2D eigenvalue weighted by Crippen LogP contribution is -2.16. The van der Waals surface area contributed by atoms with Crippen LogP contribution < -0.4 is 5.32 Å². The van der Waals surface area contributed by atoms with Gasteiger partial charge >= 0.3 is 0 Å². The summed E-state index contributed by atoms with van der Waals surface area (Å²) in [5.41, 5.74) is 1.21. The molecule has 1 unspecified atom stereocenters. The van der Waals surface area contributed by atoms with Crippen LogP contribution in [0.15, 0.2) is 30.2 Å². The molecule has 0 radical (unpaired) electrons. The molecule has 0 saturated heterocycles. The van der Waals surface area contributed by atoms with Gasteiger partial charge in [-0.15, -0.1) is 12.3 Å². The quantitative estimate of drug-likeness (QED) is 0.383. The Morgan fingerprint density at radius 2 is 2.50 bits per heavy atom. The summed E-state index contributed by atoms with van der Waals surface area (Å²) in [6, 6.07) is 3.38. The van der Waals surface area contributed by atoms with Crippen LogP contribution >= 0.6 is 11.6 Å². The predicted octanol–water partition coefficient (Wildman–Crippen LogP) is 2.18. The van der Waals surface area contributed by atoms with Gasteiger partial charge in [0.1, 0.15) is 5.15 Å². The summed E-state index contributed by atoms with van der Waals surface area (Å²) >= 11 is 5.70. The van der Waals surface area contributed by atoms with Crippen LogP contribution in [0, 0.1) is 22.5 Å². The van der Waals surface area contributed by atoms with Crippen molar-refractivity contribution in [2.75, 3.05) is 7.05 Å². The molecule has 1 aromatic rings. The molecule has 0 bridgehead atoms. The van der Waals surface area contributed by atoms with Crippen molar-refractivity contribution in [3.05, 3.63) is 51.1 Å². The fraction of sp³-hybridized carbons (Fsp3) is 0.250. The maximum absolute atomic E-state index is 10.6. The zero-order valence-corrected chi connectivity index (χ0v) is 10.5. The molecule has 0 aliphatic heterocycles. The monoisotopic (exact) mass is 265 g/mol. The second kappa shape index (κ2) is 6.62. The van der Waals surface area contributed by atoms with Gasteiger partial charge in [0.15, 0.2) is 0 Å². The van der Waals surface area contributed by atoms with E-state index in [2.05, 4.69) is 16.2 Å². The molecule has 1 atom stereocenters. The molecule has 0 aliphatic rings. The minimum Gasteiger partial charge on any atom is -0.386 e. The molecule has 1 aromatic heterocycles. The standard InChI is InChI=1S/C12H12ClN3O2/c1-3-4-10(11(14-2)8-16(17)18)9-5-6-12(13)15-7-9/h1,5-8,10,14H,4H2,2H3. The highest BCUT2D eigenvalue weighted by Gasteiger charge is 2.18. The van der Waals surface area contributed by atoms with Gasteiger partial charge in [-0.2, -0.15) is 0 Å². The number of pyridine rings is 1. The van der Waals surface area contributed by atoms with Gasteiger partial charge in [0.05, 0.1) is 10.6 Å². The number of nitrogens with one attached hydrogen (secondary N) is 1. The predicted molar refractivity (Wildman–Crippen MR) is 69.6 cm³/mol. The number of hydrogen-bond acceptors (Lipinski definition) is 4. The third kappa shape index (κ3) is 3.75. The van der Waals surface area contributed by atoms with Crippen molar-refractivity contribution in [3.63, 3.8) is 0 Å².